The number of aromatic carboxylic acids is 1. The van der Waals surface area contributed by atoms with Crippen LogP contribution in [0.5, 0.6) is 5.75 Å². The van der Waals surface area contributed by atoms with Crippen LogP contribution in [-0.4, -0.2) is 30.9 Å². The average molecular weight is 231 g/mol. The highest BCUT2D eigenvalue weighted by molar-refractivity contribution is 7.92. The number of anilines is 1. The molecule has 0 amide bonds. The van der Waals surface area contributed by atoms with Gasteiger partial charge in [-0.2, -0.15) is 0 Å². The summed E-state index contributed by atoms with van der Waals surface area (Å²) in [6.07, 6.45) is 0.954. The number of phenols is 1. The minimum atomic E-state index is -3.44. The third-order valence-electron chi connectivity index (χ3n) is 1.53. The Morgan fingerprint density at radius 3 is 2.40 bits per heavy atom. The summed E-state index contributed by atoms with van der Waals surface area (Å²) in [4.78, 5) is 10.5. The molecule has 0 aromatic heterocycles. The van der Waals surface area contributed by atoms with Gasteiger partial charge in [-0.3, -0.25) is 4.72 Å². The number of sulfonamides is 1. The Labute approximate surface area is 86.2 Å². The van der Waals surface area contributed by atoms with Gasteiger partial charge in [-0.25, -0.2) is 13.2 Å². The molecule has 0 fully saturated rings. The average Bonchev–Trinajstić information content (AvgIpc) is 1.99. The lowest BCUT2D eigenvalue weighted by atomic mass is 10.2. The van der Waals surface area contributed by atoms with E-state index in [0.717, 1.165) is 18.4 Å². The Kier molecular flexibility index (Phi) is 2.85. The summed E-state index contributed by atoms with van der Waals surface area (Å²) in [7, 11) is -3.44. The number of benzene rings is 1. The fourth-order valence-electron chi connectivity index (χ4n) is 0.990. The molecule has 1 rings (SSSR count). The van der Waals surface area contributed by atoms with Gasteiger partial charge in [0, 0.05) is 6.07 Å². The van der Waals surface area contributed by atoms with Gasteiger partial charge in [-0.1, -0.05) is 0 Å². The lowest BCUT2D eigenvalue weighted by Gasteiger charge is -2.05. The van der Waals surface area contributed by atoms with Crippen molar-refractivity contribution in [2.75, 3.05) is 11.0 Å². The Hall–Kier alpha value is -1.76. The summed E-state index contributed by atoms with van der Waals surface area (Å²) >= 11 is 0. The van der Waals surface area contributed by atoms with E-state index in [1.54, 1.807) is 0 Å². The molecule has 0 saturated heterocycles. The van der Waals surface area contributed by atoms with E-state index in [0.29, 0.717) is 0 Å². The van der Waals surface area contributed by atoms with Crippen molar-refractivity contribution in [3.63, 3.8) is 0 Å². The summed E-state index contributed by atoms with van der Waals surface area (Å²) in [6.45, 7) is 0. The van der Waals surface area contributed by atoms with Crippen molar-refractivity contribution in [3.8, 4) is 5.75 Å². The molecule has 0 saturated carbocycles. The molecule has 6 nitrogen and oxygen atoms in total. The maximum absolute atomic E-state index is 10.8. The number of carboxylic acids is 1. The predicted molar refractivity (Wildman–Crippen MR) is 53.5 cm³/mol. The molecule has 1 aromatic rings. The molecule has 0 aliphatic rings. The van der Waals surface area contributed by atoms with E-state index < -0.39 is 21.7 Å². The minimum absolute atomic E-state index is 0.111. The molecular formula is C8H9NO5S. The summed E-state index contributed by atoms with van der Waals surface area (Å²) in [5.74, 6) is -1.77. The molecular weight excluding hydrogens is 222 g/mol. The zero-order chi connectivity index (χ0) is 11.6. The van der Waals surface area contributed by atoms with E-state index in [4.69, 9.17) is 5.11 Å². The molecule has 0 heterocycles. The Morgan fingerprint density at radius 2 is 2.00 bits per heavy atom. The maximum atomic E-state index is 10.8. The maximum Gasteiger partial charge on any atom is 0.339 e. The standard InChI is InChI=1S/C8H9NO5S/c1-15(13,14)9-5-2-3-6(8(11)12)7(10)4-5/h2-4,9-10H,1H3,(H,11,12). The SMILES string of the molecule is CS(=O)(=O)Nc1ccc(C(=O)O)c(O)c1. The van der Waals surface area contributed by atoms with Gasteiger partial charge in [-0.15, -0.1) is 0 Å². The smallest absolute Gasteiger partial charge is 0.339 e. The van der Waals surface area contributed by atoms with Crippen LogP contribution in [0, 0.1) is 0 Å². The molecule has 0 aliphatic carbocycles. The number of rotatable bonds is 3. The quantitative estimate of drug-likeness (QED) is 0.701. The van der Waals surface area contributed by atoms with E-state index in [1.165, 1.54) is 6.07 Å². The van der Waals surface area contributed by atoms with Crippen molar-refractivity contribution in [1.29, 1.82) is 0 Å². The van der Waals surface area contributed by atoms with Gasteiger partial charge < -0.3 is 10.2 Å². The molecule has 0 radical (unpaired) electrons. The lowest BCUT2D eigenvalue weighted by Crippen LogP contribution is -2.09. The van der Waals surface area contributed by atoms with Crippen LogP contribution in [0.1, 0.15) is 10.4 Å². The molecule has 82 valence electrons. The summed E-state index contributed by atoms with van der Waals surface area (Å²) in [5, 5.41) is 17.8. The highest BCUT2D eigenvalue weighted by Gasteiger charge is 2.10. The monoisotopic (exact) mass is 231 g/mol. The number of carboxylic acid groups (broad SMARTS) is 1. The van der Waals surface area contributed by atoms with Crippen molar-refractivity contribution >= 4 is 21.7 Å². The Balaban J connectivity index is 3.07. The Morgan fingerprint density at radius 1 is 1.40 bits per heavy atom. The van der Waals surface area contributed by atoms with Crippen LogP contribution in [0.2, 0.25) is 0 Å². The zero-order valence-corrected chi connectivity index (χ0v) is 8.58. The van der Waals surface area contributed by atoms with E-state index in [-0.39, 0.29) is 11.3 Å². The molecule has 15 heavy (non-hydrogen) atoms. The fraction of sp³-hybridized carbons (Fsp3) is 0.125. The minimum Gasteiger partial charge on any atom is -0.507 e. The first kappa shape index (κ1) is 11.3. The van der Waals surface area contributed by atoms with E-state index in [1.807, 2.05) is 0 Å². The van der Waals surface area contributed by atoms with Gasteiger partial charge in [-0.05, 0) is 12.1 Å². The molecule has 0 spiro atoms. The second-order valence-electron chi connectivity index (χ2n) is 2.91. The highest BCUT2D eigenvalue weighted by atomic mass is 32.2. The molecule has 3 N–H and O–H groups in total. The lowest BCUT2D eigenvalue weighted by molar-refractivity contribution is 0.0694. The van der Waals surface area contributed by atoms with Crippen LogP contribution in [0.15, 0.2) is 18.2 Å². The van der Waals surface area contributed by atoms with E-state index in [2.05, 4.69) is 4.72 Å². The van der Waals surface area contributed by atoms with E-state index >= 15 is 0 Å². The molecule has 7 heteroatoms. The summed E-state index contributed by atoms with van der Waals surface area (Å²) < 4.78 is 23.8. The zero-order valence-electron chi connectivity index (χ0n) is 7.76. The normalized spacial score (nSPS) is 11.0. The van der Waals surface area contributed by atoms with Crippen LogP contribution in [-0.2, 0) is 10.0 Å². The van der Waals surface area contributed by atoms with Gasteiger partial charge in [0.05, 0.1) is 11.9 Å². The van der Waals surface area contributed by atoms with Gasteiger partial charge >= 0.3 is 5.97 Å². The third kappa shape index (κ3) is 3.13. The highest BCUT2D eigenvalue weighted by Crippen LogP contribution is 2.22. The first-order valence-corrected chi connectivity index (χ1v) is 5.73. The molecule has 0 atom stereocenters. The summed E-state index contributed by atoms with van der Waals surface area (Å²) in [6, 6.07) is 3.40. The van der Waals surface area contributed by atoms with Crippen LogP contribution in [0.3, 0.4) is 0 Å². The van der Waals surface area contributed by atoms with Crippen molar-refractivity contribution in [2.45, 2.75) is 0 Å². The molecule has 0 aliphatic heterocycles. The van der Waals surface area contributed by atoms with Crippen molar-refractivity contribution in [1.82, 2.24) is 0 Å². The molecule has 1 aromatic carbocycles. The second-order valence-corrected chi connectivity index (χ2v) is 4.66. The van der Waals surface area contributed by atoms with Gasteiger partial charge in [0.15, 0.2) is 0 Å². The number of hydrogen-bond acceptors (Lipinski definition) is 4. The largest absolute Gasteiger partial charge is 0.507 e. The molecule has 0 bridgehead atoms. The first-order valence-electron chi connectivity index (χ1n) is 3.84. The van der Waals surface area contributed by atoms with Gasteiger partial charge in [0.2, 0.25) is 10.0 Å². The third-order valence-corrected chi connectivity index (χ3v) is 2.14. The summed E-state index contributed by atoms with van der Waals surface area (Å²) in [5.41, 5.74) is -0.172. The Bertz CT molecular complexity index is 494. The molecule has 0 unspecified atom stereocenters. The van der Waals surface area contributed by atoms with Gasteiger partial charge in [0.1, 0.15) is 11.3 Å². The first-order chi connectivity index (χ1) is 6.79. The predicted octanol–water partition coefficient (Wildman–Crippen LogP) is 0.462. The number of aromatic hydroxyl groups is 1. The number of carbonyl (C=O) groups is 1. The van der Waals surface area contributed by atoms with Crippen LogP contribution in [0.25, 0.3) is 0 Å². The van der Waals surface area contributed by atoms with Crippen molar-refractivity contribution in [3.05, 3.63) is 23.8 Å². The number of nitrogens with one attached hydrogen (secondary N) is 1. The van der Waals surface area contributed by atoms with Crippen molar-refractivity contribution in [2.24, 2.45) is 0 Å². The second kappa shape index (κ2) is 3.77. The van der Waals surface area contributed by atoms with E-state index in [9.17, 15) is 18.3 Å². The van der Waals surface area contributed by atoms with Crippen molar-refractivity contribution < 1.29 is 23.4 Å². The fourth-order valence-corrected chi connectivity index (χ4v) is 1.55. The van der Waals surface area contributed by atoms with Crippen LogP contribution in [0.4, 0.5) is 5.69 Å². The number of hydrogen-bond donors (Lipinski definition) is 3. The topological polar surface area (TPSA) is 104 Å². The van der Waals surface area contributed by atoms with Gasteiger partial charge in [0.25, 0.3) is 0 Å². The van der Waals surface area contributed by atoms with Crippen LogP contribution < -0.4 is 4.72 Å². The van der Waals surface area contributed by atoms with Crippen LogP contribution >= 0.6 is 0 Å².